The van der Waals surface area contributed by atoms with Crippen molar-refractivity contribution in [3.8, 4) is 5.75 Å². The number of carbonyl (C=O) groups is 2. The Kier molecular flexibility index (Phi) is 6.35. The maximum atomic E-state index is 13.1. The molecule has 0 bridgehead atoms. The van der Waals surface area contributed by atoms with Crippen molar-refractivity contribution in [3.63, 3.8) is 0 Å². The van der Waals surface area contributed by atoms with Crippen LogP contribution in [0, 0.1) is 0 Å². The van der Waals surface area contributed by atoms with E-state index in [1.54, 1.807) is 60.9 Å². The predicted molar refractivity (Wildman–Crippen MR) is 118 cm³/mol. The number of furan rings is 1. The van der Waals surface area contributed by atoms with Crippen molar-refractivity contribution in [2.24, 2.45) is 0 Å². The van der Waals surface area contributed by atoms with Crippen molar-refractivity contribution in [2.75, 3.05) is 6.61 Å². The molecular weight excluding hydrogens is 408 g/mol. The van der Waals surface area contributed by atoms with E-state index in [2.05, 4.69) is 11.9 Å². The van der Waals surface area contributed by atoms with Gasteiger partial charge in [-0.05, 0) is 48.4 Å². The normalized spacial score (nSPS) is 17.7. The van der Waals surface area contributed by atoms with Gasteiger partial charge in [-0.15, -0.1) is 0 Å². The summed E-state index contributed by atoms with van der Waals surface area (Å²) < 4.78 is 11.1. The second-order valence-corrected chi connectivity index (χ2v) is 7.52. The number of aliphatic hydroxyl groups excluding tert-OH is 1. The van der Waals surface area contributed by atoms with Crippen LogP contribution >= 0.6 is 0 Å². The van der Waals surface area contributed by atoms with E-state index in [1.807, 2.05) is 0 Å². The highest BCUT2D eigenvalue weighted by molar-refractivity contribution is 6.46. The summed E-state index contributed by atoms with van der Waals surface area (Å²) in [6.07, 6.45) is 6.60. The van der Waals surface area contributed by atoms with Gasteiger partial charge in [0.1, 0.15) is 17.3 Å². The molecule has 164 valence electrons. The molecule has 3 heterocycles. The Morgan fingerprint density at radius 2 is 1.97 bits per heavy atom. The van der Waals surface area contributed by atoms with Crippen molar-refractivity contribution in [3.05, 3.63) is 89.6 Å². The summed E-state index contributed by atoms with van der Waals surface area (Å²) in [6.45, 7) is 2.74. The first-order chi connectivity index (χ1) is 15.6. The average Bonchev–Trinajstić information content (AvgIpc) is 3.42. The number of ether oxygens (including phenoxy) is 1. The summed E-state index contributed by atoms with van der Waals surface area (Å²) in [7, 11) is 0. The van der Waals surface area contributed by atoms with Crippen molar-refractivity contribution >= 4 is 17.4 Å². The zero-order valence-corrected chi connectivity index (χ0v) is 17.7. The number of likely N-dealkylation sites (tertiary alicyclic amines) is 1. The first-order valence-corrected chi connectivity index (χ1v) is 10.5. The lowest BCUT2D eigenvalue weighted by atomic mass is 9.96. The molecule has 0 saturated carbocycles. The Morgan fingerprint density at radius 1 is 1.16 bits per heavy atom. The van der Waals surface area contributed by atoms with Crippen molar-refractivity contribution in [1.29, 1.82) is 0 Å². The molecule has 1 aliphatic heterocycles. The number of aromatic nitrogens is 1. The number of rotatable bonds is 8. The molecule has 1 atom stereocenters. The van der Waals surface area contributed by atoms with Gasteiger partial charge in [0.25, 0.3) is 11.7 Å². The van der Waals surface area contributed by atoms with E-state index < -0.39 is 17.7 Å². The molecule has 1 saturated heterocycles. The fourth-order valence-electron chi connectivity index (χ4n) is 3.73. The van der Waals surface area contributed by atoms with Gasteiger partial charge in [0.05, 0.1) is 31.0 Å². The number of ketones is 1. The minimum absolute atomic E-state index is 0.0264. The Balaban J connectivity index is 1.76. The first kappa shape index (κ1) is 21.4. The highest BCUT2D eigenvalue weighted by atomic mass is 16.5. The molecule has 7 heteroatoms. The van der Waals surface area contributed by atoms with Crippen molar-refractivity contribution < 1.29 is 23.8 Å². The third kappa shape index (κ3) is 4.27. The van der Waals surface area contributed by atoms with Crippen LogP contribution in [0.4, 0.5) is 0 Å². The number of pyridine rings is 1. The maximum absolute atomic E-state index is 13.1. The quantitative estimate of drug-likeness (QED) is 0.244. The lowest BCUT2D eigenvalue weighted by molar-refractivity contribution is -0.140. The fraction of sp³-hybridized carbons (Fsp3) is 0.240. The summed E-state index contributed by atoms with van der Waals surface area (Å²) in [4.78, 5) is 31.4. The monoisotopic (exact) mass is 432 g/mol. The molecule has 1 amide bonds. The van der Waals surface area contributed by atoms with Gasteiger partial charge in [-0.25, -0.2) is 0 Å². The minimum Gasteiger partial charge on any atom is -0.507 e. The van der Waals surface area contributed by atoms with Crippen LogP contribution in [-0.2, 0) is 16.1 Å². The van der Waals surface area contributed by atoms with Gasteiger partial charge in [0, 0.05) is 18.0 Å². The van der Waals surface area contributed by atoms with Crippen LogP contribution in [0.1, 0.15) is 42.7 Å². The van der Waals surface area contributed by atoms with E-state index in [1.165, 1.54) is 11.2 Å². The van der Waals surface area contributed by atoms with Crippen LogP contribution in [0.2, 0.25) is 0 Å². The van der Waals surface area contributed by atoms with E-state index in [4.69, 9.17) is 9.15 Å². The van der Waals surface area contributed by atoms with E-state index in [-0.39, 0.29) is 17.9 Å². The SMILES string of the molecule is CCCCOc1cccc(/C(O)=C2\C(=O)C(=O)N(Cc3ccco3)C2c2ccncc2)c1. The van der Waals surface area contributed by atoms with Gasteiger partial charge in [0.15, 0.2) is 0 Å². The minimum atomic E-state index is -0.771. The fourth-order valence-corrected chi connectivity index (χ4v) is 3.73. The molecule has 1 aromatic carbocycles. The zero-order valence-electron chi connectivity index (χ0n) is 17.7. The Bertz CT molecular complexity index is 1120. The van der Waals surface area contributed by atoms with Gasteiger partial charge in [-0.3, -0.25) is 14.6 Å². The standard InChI is InChI=1S/C25H24N2O5/c1-2-3-13-31-19-7-4-6-18(15-19)23(28)21-22(17-9-11-26-12-10-17)27(25(30)24(21)29)16-20-8-5-14-32-20/h4-12,14-15,22,28H,2-3,13,16H2,1H3/b23-21+. The summed E-state index contributed by atoms with van der Waals surface area (Å²) in [5.41, 5.74) is 1.11. The highest BCUT2D eigenvalue weighted by Crippen LogP contribution is 2.40. The molecule has 0 aliphatic carbocycles. The van der Waals surface area contributed by atoms with Crippen LogP contribution in [-0.4, -0.2) is 33.3 Å². The van der Waals surface area contributed by atoms with Crippen LogP contribution in [0.3, 0.4) is 0 Å². The number of unbranched alkanes of at least 4 members (excludes halogenated alkanes) is 1. The number of nitrogens with zero attached hydrogens (tertiary/aromatic N) is 2. The topological polar surface area (TPSA) is 92.9 Å². The predicted octanol–water partition coefficient (Wildman–Crippen LogP) is 4.48. The molecule has 7 nitrogen and oxygen atoms in total. The van der Waals surface area contributed by atoms with Crippen LogP contribution < -0.4 is 4.74 Å². The van der Waals surface area contributed by atoms with Crippen LogP contribution in [0.5, 0.6) is 5.75 Å². The smallest absolute Gasteiger partial charge is 0.296 e. The Hall–Kier alpha value is -3.87. The van der Waals surface area contributed by atoms with Crippen LogP contribution in [0.25, 0.3) is 5.76 Å². The molecule has 2 aromatic heterocycles. The molecule has 1 N–H and O–H groups in total. The number of carbonyl (C=O) groups excluding carboxylic acids is 2. The second-order valence-electron chi connectivity index (χ2n) is 7.52. The number of aliphatic hydroxyl groups is 1. The first-order valence-electron chi connectivity index (χ1n) is 10.5. The number of hydrogen-bond acceptors (Lipinski definition) is 6. The van der Waals surface area contributed by atoms with Gasteiger partial charge >= 0.3 is 0 Å². The van der Waals surface area contributed by atoms with Gasteiger partial charge in [-0.2, -0.15) is 0 Å². The molecule has 1 aliphatic rings. The maximum Gasteiger partial charge on any atom is 0.296 e. The van der Waals surface area contributed by atoms with Gasteiger partial charge in [0.2, 0.25) is 0 Å². The van der Waals surface area contributed by atoms with E-state index in [0.717, 1.165) is 12.8 Å². The Morgan fingerprint density at radius 3 is 2.69 bits per heavy atom. The van der Waals surface area contributed by atoms with Gasteiger partial charge in [-0.1, -0.05) is 25.5 Å². The van der Waals surface area contributed by atoms with Crippen molar-refractivity contribution in [2.45, 2.75) is 32.4 Å². The third-order valence-corrected chi connectivity index (χ3v) is 5.34. The van der Waals surface area contributed by atoms with Gasteiger partial charge < -0.3 is 19.2 Å². The van der Waals surface area contributed by atoms with Crippen LogP contribution in [0.15, 0.2) is 77.2 Å². The average molecular weight is 432 g/mol. The number of Topliss-reactive ketones (excluding diaryl/α,β-unsaturated/α-hetero) is 1. The number of amides is 1. The number of benzene rings is 1. The molecule has 1 fully saturated rings. The summed E-state index contributed by atoms with van der Waals surface area (Å²) in [5, 5.41) is 11.2. The molecule has 1 unspecified atom stereocenters. The third-order valence-electron chi connectivity index (χ3n) is 5.34. The molecule has 0 spiro atoms. The highest BCUT2D eigenvalue weighted by Gasteiger charge is 2.46. The molecule has 0 radical (unpaired) electrons. The largest absolute Gasteiger partial charge is 0.507 e. The van der Waals surface area contributed by atoms with E-state index in [9.17, 15) is 14.7 Å². The number of hydrogen-bond donors (Lipinski definition) is 1. The molecule has 32 heavy (non-hydrogen) atoms. The summed E-state index contributed by atoms with van der Waals surface area (Å²) >= 11 is 0. The molecule has 3 aromatic rings. The lowest BCUT2D eigenvalue weighted by Crippen LogP contribution is -2.29. The molecule has 4 rings (SSSR count). The second kappa shape index (κ2) is 9.51. The molecular formula is C25H24N2O5. The zero-order chi connectivity index (χ0) is 22.5. The lowest BCUT2D eigenvalue weighted by Gasteiger charge is -2.24. The van der Waals surface area contributed by atoms with Crippen molar-refractivity contribution in [1.82, 2.24) is 9.88 Å². The summed E-state index contributed by atoms with van der Waals surface area (Å²) in [6, 6.07) is 13.0. The van der Waals surface area contributed by atoms with E-state index >= 15 is 0 Å². The van der Waals surface area contributed by atoms with E-state index in [0.29, 0.717) is 29.2 Å². The summed E-state index contributed by atoms with van der Waals surface area (Å²) in [5.74, 6) is -0.550. The Labute approximate surface area is 186 Å².